The fraction of sp³-hybridized carbons (Fsp3) is 0.0714. The van der Waals surface area contributed by atoms with Crippen LogP contribution in [0.25, 0.3) is 0 Å². The van der Waals surface area contributed by atoms with Crippen molar-refractivity contribution >= 4 is 31.6 Å². The van der Waals surface area contributed by atoms with Crippen molar-refractivity contribution in [1.29, 1.82) is 5.26 Å². The molecule has 4 nitrogen and oxygen atoms in total. The Morgan fingerprint density at radius 3 is 2.35 bits per heavy atom. The largest absolute Gasteiger partial charge is 0.268 e. The molecule has 0 radical (unpaired) electrons. The molecule has 6 heteroatoms. The van der Waals surface area contributed by atoms with Gasteiger partial charge in [-0.15, -0.1) is 0 Å². The maximum absolute atomic E-state index is 12.6. The number of benzene rings is 2. The zero-order valence-corrected chi connectivity index (χ0v) is 13.0. The molecule has 0 saturated carbocycles. The van der Waals surface area contributed by atoms with E-state index in [1.807, 2.05) is 6.07 Å². The number of nitrogens with zero attached hydrogens (tertiary/aromatic N) is 2. The molecule has 0 atom stereocenters. The zero-order chi connectivity index (χ0) is 14.8. The van der Waals surface area contributed by atoms with E-state index in [1.54, 1.807) is 42.5 Å². The van der Waals surface area contributed by atoms with Gasteiger partial charge in [-0.1, -0.05) is 24.3 Å². The molecule has 0 aliphatic heterocycles. The fourth-order valence-electron chi connectivity index (χ4n) is 1.77. The molecular formula is C14H11BrN2O2S. The smallest absolute Gasteiger partial charge is 0.265 e. The summed E-state index contributed by atoms with van der Waals surface area (Å²) >= 11 is 3.24. The summed E-state index contributed by atoms with van der Waals surface area (Å²) in [4.78, 5) is 0.162. The van der Waals surface area contributed by atoms with Gasteiger partial charge in [-0.2, -0.15) is 5.26 Å². The van der Waals surface area contributed by atoms with Gasteiger partial charge in [-0.3, -0.25) is 4.31 Å². The summed E-state index contributed by atoms with van der Waals surface area (Å²) in [5.74, 6) is 0. The van der Waals surface area contributed by atoms with E-state index in [9.17, 15) is 8.42 Å². The van der Waals surface area contributed by atoms with Crippen LogP contribution in [-0.2, 0) is 10.0 Å². The van der Waals surface area contributed by atoms with Gasteiger partial charge < -0.3 is 0 Å². The molecule has 0 fully saturated rings. The Balaban J connectivity index is 2.56. The highest BCUT2D eigenvalue weighted by Crippen LogP contribution is 2.28. The molecule has 0 aliphatic carbocycles. The summed E-state index contributed by atoms with van der Waals surface area (Å²) in [5, 5.41) is 9.08. The van der Waals surface area contributed by atoms with Crippen LogP contribution in [0.5, 0.6) is 0 Å². The van der Waals surface area contributed by atoms with Crippen molar-refractivity contribution in [2.24, 2.45) is 0 Å². The highest BCUT2D eigenvalue weighted by Gasteiger charge is 2.24. The van der Waals surface area contributed by atoms with Crippen LogP contribution in [-0.4, -0.2) is 15.5 Å². The van der Waals surface area contributed by atoms with E-state index in [2.05, 4.69) is 15.9 Å². The maximum atomic E-state index is 12.6. The molecule has 0 aliphatic rings. The van der Waals surface area contributed by atoms with Gasteiger partial charge in [0, 0.05) is 11.5 Å². The molecule has 2 aromatic carbocycles. The summed E-state index contributed by atoms with van der Waals surface area (Å²) in [6.45, 7) is 0. The lowest BCUT2D eigenvalue weighted by Gasteiger charge is -2.21. The second-order valence-electron chi connectivity index (χ2n) is 4.03. The molecule has 0 bridgehead atoms. The molecule has 0 aromatic heterocycles. The molecule has 0 saturated heterocycles. The zero-order valence-electron chi connectivity index (χ0n) is 10.6. The van der Waals surface area contributed by atoms with E-state index in [4.69, 9.17) is 5.26 Å². The number of hydrogen-bond acceptors (Lipinski definition) is 3. The van der Waals surface area contributed by atoms with Crippen LogP contribution in [0.4, 0.5) is 5.69 Å². The van der Waals surface area contributed by atoms with Gasteiger partial charge in [-0.05, 0) is 40.2 Å². The Labute approximate surface area is 126 Å². The third kappa shape index (κ3) is 2.55. The third-order valence-electron chi connectivity index (χ3n) is 2.84. The normalized spacial score (nSPS) is 10.8. The van der Waals surface area contributed by atoms with E-state index < -0.39 is 10.0 Å². The van der Waals surface area contributed by atoms with Gasteiger partial charge in [0.05, 0.1) is 11.3 Å². The van der Waals surface area contributed by atoms with E-state index >= 15 is 0 Å². The second kappa shape index (κ2) is 5.65. The average molecular weight is 351 g/mol. The standard InChI is InChI=1S/C14H11BrN2O2S/c1-17(13-8-4-2-6-11(13)10-16)20(18,19)14-9-5-3-7-12(14)15/h2-9H,1H3. The topological polar surface area (TPSA) is 61.2 Å². The minimum atomic E-state index is -3.72. The van der Waals surface area contributed by atoms with Gasteiger partial charge in [0.2, 0.25) is 0 Å². The Morgan fingerprint density at radius 1 is 1.10 bits per heavy atom. The van der Waals surface area contributed by atoms with Crippen molar-refractivity contribution < 1.29 is 8.42 Å². The van der Waals surface area contributed by atoms with Crippen LogP contribution in [0.15, 0.2) is 57.9 Å². The van der Waals surface area contributed by atoms with E-state index in [0.717, 1.165) is 4.31 Å². The lowest BCUT2D eigenvalue weighted by molar-refractivity contribution is 0.594. The number of halogens is 1. The molecule has 0 N–H and O–H groups in total. The molecule has 2 aromatic rings. The van der Waals surface area contributed by atoms with Gasteiger partial charge in [-0.25, -0.2) is 8.42 Å². The Kier molecular flexibility index (Phi) is 4.12. The Hall–Kier alpha value is -1.84. The SMILES string of the molecule is CN(c1ccccc1C#N)S(=O)(=O)c1ccccc1Br. The highest BCUT2D eigenvalue weighted by molar-refractivity contribution is 9.10. The van der Waals surface area contributed by atoms with Crippen molar-refractivity contribution in [3.8, 4) is 6.07 Å². The Bertz CT molecular complexity index is 782. The van der Waals surface area contributed by atoms with Gasteiger partial charge in [0.1, 0.15) is 11.0 Å². The average Bonchev–Trinajstić information content (AvgIpc) is 2.46. The first-order valence-electron chi connectivity index (χ1n) is 5.71. The quantitative estimate of drug-likeness (QED) is 0.854. The van der Waals surface area contributed by atoms with Gasteiger partial charge in [0.25, 0.3) is 10.0 Å². The van der Waals surface area contributed by atoms with Crippen LogP contribution >= 0.6 is 15.9 Å². The number of hydrogen-bond donors (Lipinski definition) is 0. The number of sulfonamides is 1. The van der Waals surface area contributed by atoms with Crippen molar-refractivity contribution in [1.82, 2.24) is 0 Å². The molecule has 0 unspecified atom stereocenters. The van der Waals surface area contributed by atoms with E-state index in [-0.39, 0.29) is 4.90 Å². The third-order valence-corrected chi connectivity index (χ3v) is 5.62. The monoisotopic (exact) mass is 350 g/mol. The second-order valence-corrected chi connectivity index (χ2v) is 6.82. The lowest BCUT2D eigenvalue weighted by atomic mass is 10.2. The number of rotatable bonds is 3. The first-order valence-corrected chi connectivity index (χ1v) is 7.94. The minimum Gasteiger partial charge on any atom is -0.268 e. The summed E-state index contributed by atoms with van der Waals surface area (Å²) in [6, 6.07) is 15.2. The van der Waals surface area contributed by atoms with Crippen molar-refractivity contribution in [2.45, 2.75) is 4.90 Å². The molecule has 0 heterocycles. The number of nitriles is 1. The van der Waals surface area contributed by atoms with Crippen molar-refractivity contribution in [3.63, 3.8) is 0 Å². The van der Waals surface area contributed by atoms with Crippen LogP contribution in [0.1, 0.15) is 5.56 Å². The summed E-state index contributed by atoms with van der Waals surface area (Å²) in [5.41, 5.74) is 0.663. The number of para-hydroxylation sites is 1. The van der Waals surface area contributed by atoms with E-state index in [1.165, 1.54) is 13.1 Å². The molecular weight excluding hydrogens is 340 g/mol. The summed E-state index contributed by atoms with van der Waals surface area (Å²) in [7, 11) is -2.28. The van der Waals surface area contributed by atoms with Crippen LogP contribution in [0.3, 0.4) is 0 Å². The predicted octanol–water partition coefficient (Wildman–Crippen LogP) is 3.15. The lowest BCUT2D eigenvalue weighted by Crippen LogP contribution is -2.27. The van der Waals surface area contributed by atoms with Crippen LogP contribution in [0.2, 0.25) is 0 Å². The number of anilines is 1. The van der Waals surface area contributed by atoms with E-state index in [0.29, 0.717) is 15.7 Å². The molecule has 0 amide bonds. The van der Waals surface area contributed by atoms with Gasteiger partial charge in [0.15, 0.2) is 0 Å². The van der Waals surface area contributed by atoms with Crippen molar-refractivity contribution in [2.75, 3.05) is 11.4 Å². The van der Waals surface area contributed by atoms with Crippen LogP contribution < -0.4 is 4.31 Å². The first-order chi connectivity index (χ1) is 9.48. The minimum absolute atomic E-state index is 0.162. The summed E-state index contributed by atoms with van der Waals surface area (Å²) in [6.07, 6.45) is 0. The molecule has 102 valence electrons. The highest BCUT2D eigenvalue weighted by atomic mass is 79.9. The predicted molar refractivity (Wildman–Crippen MR) is 80.9 cm³/mol. The fourth-order valence-corrected chi connectivity index (χ4v) is 3.95. The Morgan fingerprint density at radius 2 is 1.70 bits per heavy atom. The first kappa shape index (κ1) is 14.6. The molecule has 2 rings (SSSR count). The molecule has 0 spiro atoms. The van der Waals surface area contributed by atoms with Crippen molar-refractivity contribution in [3.05, 3.63) is 58.6 Å². The molecule has 20 heavy (non-hydrogen) atoms. The van der Waals surface area contributed by atoms with Gasteiger partial charge >= 0.3 is 0 Å². The summed E-state index contributed by atoms with van der Waals surface area (Å²) < 4.78 is 26.8. The maximum Gasteiger partial charge on any atom is 0.265 e. The van der Waals surface area contributed by atoms with Crippen LogP contribution in [0, 0.1) is 11.3 Å².